The number of carbonyl (C=O) groups is 5. The van der Waals surface area contributed by atoms with Crippen LogP contribution in [-0.2, 0) is 49.8 Å². The number of ketones is 2. The Bertz CT molecular complexity index is 1660. The van der Waals surface area contributed by atoms with Gasteiger partial charge in [0.05, 0.1) is 18.6 Å². The maximum absolute atomic E-state index is 13.4. The third-order valence-electron chi connectivity index (χ3n) is 10.1. The monoisotopic (exact) mass is 636 g/mol. The highest BCUT2D eigenvalue weighted by molar-refractivity contribution is 6.48. The third kappa shape index (κ3) is 5.17. The van der Waals surface area contributed by atoms with Crippen molar-refractivity contribution < 1.29 is 44.4 Å². The van der Waals surface area contributed by atoms with Gasteiger partial charge in [-0.2, -0.15) is 0 Å². The minimum Gasteiger partial charge on any atom is -0.481 e. The van der Waals surface area contributed by atoms with Gasteiger partial charge in [-0.3, -0.25) is 19.2 Å². The van der Waals surface area contributed by atoms with Crippen molar-refractivity contribution in [3.05, 3.63) is 68.9 Å². The summed E-state index contributed by atoms with van der Waals surface area (Å²) in [6, 6.07) is -1.79. The van der Waals surface area contributed by atoms with Gasteiger partial charge < -0.3 is 41.4 Å². The second kappa shape index (κ2) is 12.0. The van der Waals surface area contributed by atoms with Crippen LogP contribution in [0.15, 0.2) is 46.3 Å². The van der Waals surface area contributed by atoms with Crippen molar-refractivity contribution in [2.45, 2.75) is 84.2 Å². The van der Waals surface area contributed by atoms with E-state index in [9.17, 15) is 44.4 Å². The number of amides is 1. The number of H-pyrrole nitrogens is 1. The number of aromatic amines is 1. The molecule has 13 heteroatoms. The first kappa shape index (κ1) is 32.9. The van der Waals surface area contributed by atoms with E-state index in [2.05, 4.69) is 27.5 Å². The van der Waals surface area contributed by atoms with E-state index in [0.29, 0.717) is 45.8 Å². The molecule has 4 heterocycles. The van der Waals surface area contributed by atoms with E-state index in [1.165, 1.54) is 6.08 Å². The van der Waals surface area contributed by atoms with Crippen LogP contribution in [0.5, 0.6) is 0 Å². The largest absolute Gasteiger partial charge is 0.481 e. The Morgan fingerprint density at radius 3 is 2.35 bits per heavy atom. The van der Waals surface area contributed by atoms with Crippen LogP contribution in [0.1, 0.15) is 63.1 Å². The Kier molecular flexibility index (Phi) is 8.60. The van der Waals surface area contributed by atoms with Crippen LogP contribution in [0.2, 0.25) is 0 Å². The van der Waals surface area contributed by atoms with Crippen LogP contribution in [0.4, 0.5) is 0 Å². The molecule has 5 rings (SSSR count). The highest BCUT2D eigenvalue weighted by Gasteiger charge is 2.54. The van der Waals surface area contributed by atoms with E-state index in [1.807, 2.05) is 6.92 Å². The molecule has 13 nitrogen and oxygen atoms in total. The van der Waals surface area contributed by atoms with Gasteiger partial charge >= 0.3 is 11.9 Å². The molecule has 1 saturated heterocycles. The van der Waals surface area contributed by atoms with Gasteiger partial charge in [0.15, 0.2) is 5.72 Å². The minimum atomic E-state index is -1.72. The molecule has 8 N–H and O–H groups in total. The van der Waals surface area contributed by atoms with Gasteiger partial charge in [0, 0.05) is 70.2 Å². The summed E-state index contributed by atoms with van der Waals surface area (Å²) in [6.45, 7) is 10.4. The van der Waals surface area contributed by atoms with E-state index >= 15 is 0 Å². The van der Waals surface area contributed by atoms with Crippen LogP contribution in [0.25, 0.3) is 0 Å². The zero-order chi connectivity index (χ0) is 33.8. The molecule has 0 spiro atoms. The molecular weight excluding hydrogens is 596 g/mol. The molecular formula is C33H40N4O9. The normalized spacial score (nSPS) is 30.6. The smallest absolute Gasteiger partial charge is 0.326 e. The first-order valence-corrected chi connectivity index (χ1v) is 15.4. The van der Waals surface area contributed by atoms with Gasteiger partial charge in [-0.05, 0) is 43.7 Å². The molecule has 0 radical (unpaired) electrons. The highest BCUT2D eigenvalue weighted by atomic mass is 16.4. The third-order valence-corrected chi connectivity index (χ3v) is 10.1. The predicted molar refractivity (Wildman–Crippen MR) is 164 cm³/mol. The number of carboxylic acids is 2. The average Bonchev–Trinajstić information content (AvgIpc) is 3.71. The summed E-state index contributed by atoms with van der Waals surface area (Å²) in [7, 11) is 0. The number of nitrogens with one attached hydrogen (secondary N) is 4. The summed E-state index contributed by atoms with van der Waals surface area (Å²) in [5, 5.41) is 49.8. The fraction of sp³-hybridized carbons (Fsp3) is 0.485. The fourth-order valence-electron chi connectivity index (χ4n) is 7.75. The van der Waals surface area contributed by atoms with Crippen LogP contribution in [0.3, 0.4) is 0 Å². The average molecular weight is 637 g/mol. The molecule has 3 aliphatic heterocycles. The van der Waals surface area contributed by atoms with Gasteiger partial charge in [-0.15, -0.1) is 0 Å². The maximum Gasteiger partial charge on any atom is 0.326 e. The van der Waals surface area contributed by atoms with E-state index in [0.717, 1.165) is 11.3 Å². The second-order valence-corrected chi connectivity index (χ2v) is 12.6. The summed E-state index contributed by atoms with van der Waals surface area (Å²) in [5.74, 6) is -5.81. The van der Waals surface area contributed by atoms with E-state index < -0.39 is 65.0 Å². The van der Waals surface area contributed by atoms with Crippen LogP contribution < -0.4 is 16.0 Å². The van der Waals surface area contributed by atoms with Crippen molar-refractivity contribution in [3.63, 3.8) is 0 Å². The van der Waals surface area contributed by atoms with Crippen molar-refractivity contribution >= 4 is 29.4 Å². The number of rotatable bonds is 11. The number of aliphatic hydroxyl groups is 2. The van der Waals surface area contributed by atoms with Crippen molar-refractivity contribution in [2.24, 2.45) is 17.8 Å². The lowest BCUT2D eigenvalue weighted by Gasteiger charge is -2.25. The molecule has 2 fully saturated rings. The number of aromatic nitrogens is 1. The number of fused-ring (bicyclic) bond motifs is 1. The number of allylic oxidation sites excluding steroid dienone is 2. The minimum absolute atomic E-state index is 0.0490. The molecule has 4 aliphatic rings. The van der Waals surface area contributed by atoms with Crippen molar-refractivity contribution in [1.82, 2.24) is 20.9 Å². The Balaban J connectivity index is 1.49. The number of aliphatic carboxylic acids is 2. The summed E-state index contributed by atoms with van der Waals surface area (Å²) < 4.78 is 0. The zero-order valence-electron chi connectivity index (χ0n) is 26.2. The summed E-state index contributed by atoms with van der Waals surface area (Å²) in [5.41, 5.74) is 3.42. The van der Waals surface area contributed by atoms with Gasteiger partial charge in [-0.25, -0.2) is 4.79 Å². The summed E-state index contributed by atoms with van der Waals surface area (Å²) in [6.07, 6.45) is 2.07. The molecule has 1 aromatic heterocycles. The Morgan fingerprint density at radius 1 is 1.07 bits per heavy atom. The molecule has 6 atom stereocenters. The maximum atomic E-state index is 13.4. The first-order valence-electron chi connectivity index (χ1n) is 15.4. The molecule has 0 bridgehead atoms. The Labute approximate surface area is 265 Å². The van der Waals surface area contributed by atoms with Gasteiger partial charge in [0.1, 0.15) is 6.04 Å². The first-order chi connectivity index (χ1) is 21.7. The van der Waals surface area contributed by atoms with Crippen molar-refractivity contribution in [2.75, 3.05) is 0 Å². The van der Waals surface area contributed by atoms with E-state index in [1.54, 1.807) is 20.8 Å². The molecule has 3 unspecified atom stereocenters. The second-order valence-electron chi connectivity index (χ2n) is 12.6. The van der Waals surface area contributed by atoms with E-state index in [4.69, 9.17) is 0 Å². The number of carboxylic acid groups (broad SMARTS) is 2. The molecule has 46 heavy (non-hydrogen) atoms. The molecule has 246 valence electrons. The quantitative estimate of drug-likeness (QED) is 0.126. The summed E-state index contributed by atoms with van der Waals surface area (Å²) >= 11 is 0. The number of aliphatic hydroxyl groups excluding tert-OH is 1. The Hall–Kier alpha value is -4.49. The van der Waals surface area contributed by atoms with Gasteiger partial charge in [0.2, 0.25) is 17.5 Å². The van der Waals surface area contributed by atoms with Gasteiger partial charge in [0.25, 0.3) is 0 Å². The molecule has 0 aromatic carbocycles. The topological polar surface area (TPSA) is 218 Å². The standard InChI is InChI=1S/C33H40N4O9/c1-6-16-18(12-38)22(11-33(46)19(7-2)14(4)31(43)37-33)34-21(16)10-20-15(5)24-28(35-20)25(30(42)29(24)41)27-17(8-9-23(39)40)13(3)26(36-27)32(44)45/h7,13,17,24,26,28,34-36,38,46H,2,6,8-12H2,1,3-5H3,(H,37,43)(H,39,40)(H,44,45)/b27-25-/t13-,17-,24?,26-,28?,33?/m0/s1. The number of hydrogen-bond donors (Lipinski definition) is 8. The molecule has 1 amide bonds. The van der Waals surface area contributed by atoms with Crippen molar-refractivity contribution in [1.29, 1.82) is 0 Å². The van der Waals surface area contributed by atoms with Crippen LogP contribution in [0, 0.1) is 17.8 Å². The van der Waals surface area contributed by atoms with Crippen LogP contribution >= 0.6 is 0 Å². The molecule has 1 aliphatic carbocycles. The lowest BCUT2D eigenvalue weighted by Crippen LogP contribution is -2.46. The van der Waals surface area contributed by atoms with Crippen LogP contribution in [-0.4, -0.2) is 72.6 Å². The SMILES string of the molecule is C=CC1=C(C)C(=O)NC1(O)Cc1[nH]c(CC2=C(C)C3C(=O)C(=O)/C(=C4\N[C@H](C(=O)O)[C@@H](C)[C@@H]4CCC(=O)O)C3N2)c(CC)c1CO. The predicted octanol–water partition coefficient (Wildman–Crippen LogP) is 0.917. The highest BCUT2D eigenvalue weighted by Crippen LogP contribution is 2.44. The van der Waals surface area contributed by atoms with Crippen molar-refractivity contribution in [3.8, 4) is 0 Å². The van der Waals surface area contributed by atoms with E-state index in [-0.39, 0.29) is 37.9 Å². The molecule has 1 aromatic rings. The lowest BCUT2D eigenvalue weighted by molar-refractivity contribution is -0.140. The Morgan fingerprint density at radius 2 is 1.76 bits per heavy atom. The lowest BCUT2D eigenvalue weighted by atomic mass is 9.84. The molecule has 1 saturated carbocycles. The number of carbonyl (C=O) groups excluding carboxylic acids is 3. The fourth-order valence-corrected chi connectivity index (χ4v) is 7.75. The number of Topliss-reactive ketones (excluding diaryl/α,β-unsaturated/α-hetero) is 2. The van der Waals surface area contributed by atoms with Gasteiger partial charge in [-0.1, -0.05) is 26.5 Å². The summed E-state index contributed by atoms with van der Waals surface area (Å²) in [4.78, 5) is 65.9. The zero-order valence-corrected chi connectivity index (χ0v) is 26.2. The number of hydrogen-bond acceptors (Lipinski definition) is 9.